The molecule has 0 amide bonds. The Morgan fingerprint density at radius 1 is 0.268 bits per heavy atom. The van der Waals surface area contributed by atoms with Crippen LogP contribution in [-0.4, -0.2) is 62.2 Å². The number of hydrogen-bond donors (Lipinski definition) is 1. The molecule has 0 rings (SSSR count). The normalized spacial score (nSPS) is 11.9. The van der Waals surface area contributed by atoms with Crippen molar-refractivity contribution < 1.29 is 0 Å². The molecule has 0 bridgehead atoms. The van der Waals surface area contributed by atoms with Crippen LogP contribution in [0.4, 0.5) is 0 Å². The van der Waals surface area contributed by atoms with Crippen molar-refractivity contribution >= 4 is 0 Å². The molecule has 248 valence electrons. The Kier molecular flexibility index (Phi) is 36.0. The second-order valence-corrected chi connectivity index (χ2v) is 13.2. The quantitative estimate of drug-likeness (QED) is 0.0745. The van der Waals surface area contributed by atoms with Gasteiger partial charge in [-0.15, -0.1) is 0 Å². The fourth-order valence-corrected chi connectivity index (χ4v) is 6.22. The number of hydrogen-bond acceptors (Lipinski definition) is 3. The van der Waals surface area contributed by atoms with Crippen molar-refractivity contribution in [1.29, 1.82) is 0 Å². The minimum atomic E-state index is 1.16. The highest BCUT2D eigenvalue weighted by Crippen LogP contribution is 2.13. The Labute approximate surface area is 261 Å². The van der Waals surface area contributed by atoms with E-state index in [0.717, 1.165) is 6.54 Å². The third-order valence-electron chi connectivity index (χ3n) is 8.95. The fourth-order valence-electron chi connectivity index (χ4n) is 6.22. The van der Waals surface area contributed by atoms with E-state index in [1.54, 1.807) is 0 Å². The molecule has 3 nitrogen and oxygen atoms in total. The molecule has 0 fully saturated rings. The van der Waals surface area contributed by atoms with Gasteiger partial charge in [0, 0.05) is 26.2 Å². The van der Waals surface area contributed by atoms with Crippen LogP contribution in [0, 0.1) is 0 Å². The highest BCUT2D eigenvalue weighted by molar-refractivity contribution is 4.65. The number of unbranched alkanes of at least 4 members (excludes halogenated alkanes) is 22. The van der Waals surface area contributed by atoms with Gasteiger partial charge in [0.2, 0.25) is 0 Å². The highest BCUT2D eigenvalue weighted by atomic mass is 15.2. The van der Waals surface area contributed by atoms with Crippen molar-refractivity contribution in [3.8, 4) is 0 Å². The average molecular weight is 580 g/mol. The molecule has 0 aliphatic heterocycles. The lowest BCUT2D eigenvalue weighted by atomic mass is 10.1. The third-order valence-corrected chi connectivity index (χ3v) is 8.95. The predicted octanol–water partition coefficient (Wildman–Crippen LogP) is 11.4. The number of nitrogens with one attached hydrogen (secondary N) is 1. The van der Waals surface area contributed by atoms with E-state index in [0.29, 0.717) is 0 Å². The summed E-state index contributed by atoms with van der Waals surface area (Å²) in [6, 6.07) is 0. The Hall–Kier alpha value is -0.120. The van der Waals surface area contributed by atoms with Gasteiger partial charge in [0.15, 0.2) is 0 Å². The van der Waals surface area contributed by atoms with Crippen LogP contribution in [0.1, 0.15) is 195 Å². The highest BCUT2D eigenvalue weighted by Gasteiger charge is 2.08. The van der Waals surface area contributed by atoms with E-state index in [1.165, 1.54) is 213 Å². The standard InChI is InChI=1S/C38H81N3/c1-5-9-11-13-15-17-19-21-23-25-27-29-31-39-32-36-41(38-37-40(33-7-3)34-8-4)35-30-28-26-24-22-20-18-16-14-12-10-6-2/h39H,5-38H2,1-4H3. The zero-order valence-electron chi connectivity index (χ0n) is 29.4. The minimum absolute atomic E-state index is 1.16. The van der Waals surface area contributed by atoms with Crippen molar-refractivity contribution in [1.82, 2.24) is 15.1 Å². The van der Waals surface area contributed by atoms with E-state index >= 15 is 0 Å². The van der Waals surface area contributed by atoms with E-state index in [-0.39, 0.29) is 0 Å². The maximum absolute atomic E-state index is 3.78. The van der Waals surface area contributed by atoms with Crippen LogP contribution < -0.4 is 5.32 Å². The molecule has 0 unspecified atom stereocenters. The Morgan fingerprint density at radius 3 is 1.00 bits per heavy atom. The summed E-state index contributed by atoms with van der Waals surface area (Å²) in [5.74, 6) is 0. The summed E-state index contributed by atoms with van der Waals surface area (Å²) in [7, 11) is 0. The van der Waals surface area contributed by atoms with Gasteiger partial charge in [-0.25, -0.2) is 0 Å². The lowest BCUT2D eigenvalue weighted by Gasteiger charge is -2.27. The molecule has 0 saturated carbocycles. The summed E-state index contributed by atoms with van der Waals surface area (Å²) >= 11 is 0. The predicted molar refractivity (Wildman–Crippen MR) is 188 cm³/mol. The van der Waals surface area contributed by atoms with Crippen LogP contribution in [0.25, 0.3) is 0 Å². The van der Waals surface area contributed by atoms with Gasteiger partial charge in [-0.3, -0.25) is 0 Å². The van der Waals surface area contributed by atoms with Gasteiger partial charge >= 0.3 is 0 Å². The van der Waals surface area contributed by atoms with Crippen molar-refractivity contribution in [2.45, 2.75) is 195 Å². The molecule has 0 spiro atoms. The maximum Gasteiger partial charge on any atom is 0.0110 e. The fraction of sp³-hybridized carbons (Fsp3) is 1.00. The second-order valence-electron chi connectivity index (χ2n) is 13.2. The SMILES string of the molecule is CCCCCCCCCCCCCCNCCN(CCCCCCCCCCCCCC)CCN(CCC)CCC. The molecule has 0 aromatic rings. The van der Waals surface area contributed by atoms with Gasteiger partial charge in [0.05, 0.1) is 0 Å². The molecule has 0 aliphatic rings. The summed E-state index contributed by atoms with van der Waals surface area (Å²) < 4.78 is 0. The summed E-state index contributed by atoms with van der Waals surface area (Å²) in [5, 5.41) is 3.78. The van der Waals surface area contributed by atoms with Gasteiger partial charge in [0.1, 0.15) is 0 Å². The molecule has 0 atom stereocenters. The van der Waals surface area contributed by atoms with Crippen molar-refractivity contribution in [3.63, 3.8) is 0 Å². The molecule has 0 heterocycles. The minimum Gasteiger partial charge on any atom is -0.315 e. The molecule has 0 aliphatic carbocycles. The van der Waals surface area contributed by atoms with E-state index in [4.69, 9.17) is 0 Å². The first-order chi connectivity index (χ1) is 20.3. The third kappa shape index (κ3) is 32.6. The molecule has 1 N–H and O–H groups in total. The average Bonchev–Trinajstić information content (AvgIpc) is 2.98. The largest absolute Gasteiger partial charge is 0.315 e. The topological polar surface area (TPSA) is 18.5 Å². The number of rotatable bonds is 36. The van der Waals surface area contributed by atoms with E-state index < -0.39 is 0 Å². The first-order valence-corrected chi connectivity index (χ1v) is 19.4. The monoisotopic (exact) mass is 580 g/mol. The lowest BCUT2D eigenvalue weighted by molar-refractivity contribution is 0.200. The van der Waals surface area contributed by atoms with E-state index in [1.807, 2.05) is 0 Å². The molecule has 3 heteroatoms. The Balaban J connectivity index is 3.92. The lowest BCUT2D eigenvalue weighted by Crippen LogP contribution is -2.39. The van der Waals surface area contributed by atoms with Gasteiger partial charge in [0.25, 0.3) is 0 Å². The first-order valence-electron chi connectivity index (χ1n) is 19.4. The van der Waals surface area contributed by atoms with Crippen LogP contribution in [0.3, 0.4) is 0 Å². The summed E-state index contributed by atoms with van der Waals surface area (Å²) in [6.45, 7) is 19.2. The Morgan fingerprint density at radius 2 is 0.610 bits per heavy atom. The van der Waals surface area contributed by atoms with E-state index in [9.17, 15) is 0 Å². The molecular weight excluding hydrogens is 498 g/mol. The van der Waals surface area contributed by atoms with Crippen LogP contribution in [-0.2, 0) is 0 Å². The Bertz CT molecular complexity index is 449. The molecule has 0 aromatic heterocycles. The number of nitrogens with zero attached hydrogens (tertiary/aromatic N) is 2. The molecule has 0 aromatic carbocycles. The smallest absolute Gasteiger partial charge is 0.0110 e. The van der Waals surface area contributed by atoms with Crippen LogP contribution in [0.5, 0.6) is 0 Å². The molecule has 41 heavy (non-hydrogen) atoms. The van der Waals surface area contributed by atoms with Crippen molar-refractivity contribution in [2.75, 3.05) is 52.4 Å². The first kappa shape index (κ1) is 40.9. The molecule has 0 saturated heterocycles. The van der Waals surface area contributed by atoms with Gasteiger partial charge in [-0.05, 0) is 51.9 Å². The van der Waals surface area contributed by atoms with Gasteiger partial charge in [-0.2, -0.15) is 0 Å². The van der Waals surface area contributed by atoms with Crippen molar-refractivity contribution in [3.05, 3.63) is 0 Å². The summed E-state index contributed by atoms with van der Waals surface area (Å²) in [4.78, 5) is 5.46. The van der Waals surface area contributed by atoms with Crippen molar-refractivity contribution in [2.24, 2.45) is 0 Å². The van der Waals surface area contributed by atoms with Crippen LogP contribution in [0.2, 0.25) is 0 Å². The maximum atomic E-state index is 3.78. The van der Waals surface area contributed by atoms with Gasteiger partial charge < -0.3 is 15.1 Å². The molecular formula is C38H81N3. The summed E-state index contributed by atoms with van der Waals surface area (Å²) in [5.41, 5.74) is 0. The summed E-state index contributed by atoms with van der Waals surface area (Å²) in [6.07, 6.45) is 37.1. The van der Waals surface area contributed by atoms with Crippen LogP contribution in [0.15, 0.2) is 0 Å². The molecule has 0 radical (unpaired) electrons. The van der Waals surface area contributed by atoms with Crippen LogP contribution >= 0.6 is 0 Å². The zero-order valence-corrected chi connectivity index (χ0v) is 29.4. The second kappa shape index (κ2) is 36.1. The van der Waals surface area contributed by atoms with E-state index in [2.05, 4.69) is 42.8 Å². The van der Waals surface area contributed by atoms with Gasteiger partial charge in [-0.1, -0.05) is 169 Å². The zero-order chi connectivity index (χ0) is 29.9.